The van der Waals surface area contributed by atoms with E-state index in [0.29, 0.717) is 17.7 Å². The number of likely N-dealkylation sites (N-methyl/N-ethyl adjacent to an activating group) is 1. The molecule has 5 heteroatoms. The van der Waals surface area contributed by atoms with Gasteiger partial charge in [-0.3, -0.25) is 4.79 Å². The van der Waals surface area contributed by atoms with Gasteiger partial charge in [-0.15, -0.1) is 0 Å². The maximum absolute atomic E-state index is 12.4. The van der Waals surface area contributed by atoms with E-state index in [4.69, 9.17) is 4.74 Å². The zero-order valence-electron chi connectivity index (χ0n) is 13.3. The van der Waals surface area contributed by atoms with Gasteiger partial charge in [-0.2, -0.15) is 0 Å². The van der Waals surface area contributed by atoms with Crippen molar-refractivity contribution in [1.29, 1.82) is 0 Å². The summed E-state index contributed by atoms with van der Waals surface area (Å²) in [6.07, 6.45) is 2.03. The molecule has 0 radical (unpaired) electrons. The molecular weight excluding hydrogens is 268 g/mol. The van der Waals surface area contributed by atoms with Crippen LogP contribution in [0.15, 0.2) is 10.9 Å². The molecule has 0 bridgehead atoms. The average molecular weight is 292 g/mol. The predicted molar refractivity (Wildman–Crippen MR) is 81.9 cm³/mol. The van der Waals surface area contributed by atoms with E-state index >= 15 is 0 Å². The second kappa shape index (κ2) is 6.43. The van der Waals surface area contributed by atoms with Crippen LogP contribution in [0.3, 0.4) is 0 Å². The Balaban J connectivity index is 2.48. The van der Waals surface area contributed by atoms with Gasteiger partial charge in [0.15, 0.2) is 0 Å². The van der Waals surface area contributed by atoms with Crippen LogP contribution in [0, 0.1) is 13.8 Å². The molecule has 5 nitrogen and oxygen atoms in total. The molecule has 2 rings (SSSR count). The Morgan fingerprint density at radius 2 is 2.14 bits per heavy atom. The first-order valence-electron chi connectivity index (χ1n) is 7.54. The Morgan fingerprint density at radius 1 is 1.43 bits per heavy atom. The van der Waals surface area contributed by atoms with Gasteiger partial charge in [0, 0.05) is 24.3 Å². The van der Waals surface area contributed by atoms with Crippen LogP contribution in [0.5, 0.6) is 0 Å². The number of nitrogens with zero attached hydrogens (tertiary/aromatic N) is 2. The van der Waals surface area contributed by atoms with Crippen LogP contribution in [-0.4, -0.2) is 42.2 Å². The van der Waals surface area contributed by atoms with E-state index in [-0.39, 0.29) is 17.6 Å². The summed E-state index contributed by atoms with van der Waals surface area (Å²) in [5.41, 5.74) is 1.91. The fourth-order valence-corrected chi connectivity index (χ4v) is 3.21. The molecule has 0 saturated carbocycles. The van der Waals surface area contributed by atoms with Crippen LogP contribution < -0.4 is 5.56 Å². The normalized spacial score (nSPS) is 19.5. The van der Waals surface area contributed by atoms with E-state index in [1.165, 1.54) is 0 Å². The van der Waals surface area contributed by atoms with Crippen molar-refractivity contribution >= 4 is 5.97 Å². The number of esters is 1. The first-order valence-corrected chi connectivity index (χ1v) is 7.54. The lowest BCUT2D eigenvalue weighted by Crippen LogP contribution is -2.39. The fraction of sp³-hybridized carbons (Fsp3) is 0.625. The van der Waals surface area contributed by atoms with Crippen LogP contribution >= 0.6 is 0 Å². The van der Waals surface area contributed by atoms with Crippen LogP contribution in [0.4, 0.5) is 0 Å². The molecule has 1 aliphatic rings. The number of ether oxygens (including phenoxy) is 1. The van der Waals surface area contributed by atoms with E-state index in [1.54, 1.807) is 24.5 Å². The Hall–Kier alpha value is -1.62. The molecule has 2 heterocycles. The molecule has 0 N–H and O–H groups in total. The third kappa shape index (κ3) is 3.18. The number of piperidine rings is 1. The molecule has 0 aromatic carbocycles. The zero-order chi connectivity index (χ0) is 15.6. The van der Waals surface area contributed by atoms with Crippen molar-refractivity contribution in [2.24, 2.45) is 0 Å². The summed E-state index contributed by atoms with van der Waals surface area (Å²) in [6.45, 7) is 7.65. The molecule has 1 saturated heterocycles. The zero-order valence-corrected chi connectivity index (χ0v) is 13.3. The molecule has 0 spiro atoms. The summed E-state index contributed by atoms with van der Waals surface area (Å²) in [4.78, 5) is 26.8. The number of rotatable bonds is 3. The molecule has 21 heavy (non-hydrogen) atoms. The minimum Gasteiger partial charge on any atom is -0.462 e. The fourth-order valence-electron chi connectivity index (χ4n) is 3.21. The minimum absolute atomic E-state index is 0.0293. The Labute approximate surface area is 125 Å². The van der Waals surface area contributed by atoms with E-state index in [2.05, 4.69) is 11.9 Å². The van der Waals surface area contributed by atoms with Gasteiger partial charge in [0.1, 0.15) is 0 Å². The van der Waals surface area contributed by atoms with Crippen molar-refractivity contribution in [1.82, 2.24) is 9.47 Å². The summed E-state index contributed by atoms with van der Waals surface area (Å²) < 4.78 is 6.90. The van der Waals surface area contributed by atoms with Crippen LogP contribution in [0.25, 0.3) is 0 Å². The van der Waals surface area contributed by atoms with Crippen molar-refractivity contribution in [2.45, 2.75) is 39.7 Å². The van der Waals surface area contributed by atoms with Gasteiger partial charge in [0.25, 0.3) is 5.56 Å². The number of carbonyl (C=O) groups is 1. The first-order chi connectivity index (χ1) is 9.95. The maximum Gasteiger partial charge on any atom is 0.340 e. The third-order valence-corrected chi connectivity index (χ3v) is 4.14. The molecule has 0 aliphatic carbocycles. The highest BCUT2D eigenvalue weighted by molar-refractivity contribution is 5.92. The molecule has 1 aromatic rings. The largest absolute Gasteiger partial charge is 0.462 e. The highest BCUT2D eigenvalue weighted by Crippen LogP contribution is 2.23. The van der Waals surface area contributed by atoms with E-state index in [0.717, 1.165) is 31.6 Å². The summed E-state index contributed by atoms with van der Waals surface area (Å²) in [7, 11) is 2.06. The highest BCUT2D eigenvalue weighted by atomic mass is 16.5. The van der Waals surface area contributed by atoms with Crippen LogP contribution in [0.1, 0.15) is 47.4 Å². The predicted octanol–water partition coefficient (Wildman–Crippen LogP) is 1.91. The lowest BCUT2D eigenvalue weighted by molar-refractivity contribution is 0.0522. The molecule has 1 aromatic heterocycles. The number of hydrogen-bond donors (Lipinski definition) is 0. The highest BCUT2D eigenvalue weighted by Gasteiger charge is 2.25. The maximum atomic E-state index is 12.4. The summed E-state index contributed by atoms with van der Waals surface area (Å²) in [6, 6.07) is 1.68. The van der Waals surface area contributed by atoms with E-state index in [1.807, 2.05) is 6.92 Å². The van der Waals surface area contributed by atoms with Crippen molar-refractivity contribution in [3.8, 4) is 0 Å². The van der Waals surface area contributed by atoms with Gasteiger partial charge in [-0.05, 0) is 52.8 Å². The SMILES string of the molecule is CCOC(=O)c1c(C)cc(=O)n(C2CCCN(C)C2)c1C. The van der Waals surface area contributed by atoms with E-state index < -0.39 is 0 Å². The number of aromatic nitrogens is 1. The number of aryl methyl sites for hydroxylation is 1. The monoisotopic (exact) mass is 292 g/mol. The molecular formula is C16H24N2O3. The number of carbonyl (C=O) groups excluding carboxylic acids is 1. The summed E-state index contributed by atoms with van der Waals surface area (Å²) in [5, 5.41) is 0. The molecule has 1 aliphatic heterocycles. The van der Waals surface area contributed by atoms with Crippen molar-refractivity contribution in [3.05, 3.63) is 33.2 Å². The van der Waals surface area contributed by atoms with Crippen molar-refractivity contribution in [2.75, 3.05) is 26.7 Å². The molecule has 116 valence electrons. The summed E-state index contributed by atoms with van der Waals surface area (Å²) in [5.74, 6) is -0.342. The Morgan fingerprint density at radius 3 is 2.76 bits per heavy atom. The van der Waals surface area contributed by atoms with Crippen molar-refractivity contribution in [3.63, 3.8) is 0 Å². The topological polar surface area (TPSA) is 51.5 Å². The lowest BCUT2D eigenvalue weighted by atomic mass is 10.0. The molecule has 1 atom stereocenters. The second-order valence-electron chi connectivity index (χ2n) is 5.77. The van der Waals surface area contributed by atoms with Crippen molar-refractivity contribution < 1.29 is 9.53 Å². The van der Waals surface area contributed by atoms with Gasteiger partial charge in [0.05, 0.1) is 12.2 Å². The molecule has 1 unspecified atom stereocenters. The quantitative estimate of drug-likeness (QED) is 0.799. The third-order valence-electron chi connectivity index (χ3n) is 4.14. The van der Waals surface area contributed by atoms with Gasteiger partial charge in [0.2, 0.25) is 0 Å². The van der Waals surface area contributed by atoms with Crippen LogP contribution in [-0.2, 0) is 4.74 Å². The number of pyridine rings is 1. The Kier molecular flexibility index (Phi) is 4.83. The van der Waals surface area contributed by atoms with Gasteiger partial charge in [-0.1, -0.05) is 0 Å². The second-order valence-corrected chi connectivity index (χ2v) is 5.77. The molecule has 1 fully saturated rings. The first kappa shape index (κ1) is 15.8. The van der Waals surface area contributed by atoms with Crippen LogP contribution in [0.2, 0.25) is 0 Å². The average Bonchev–Trinajstić information content (AvgIpc) is 2.38. The van der Waals surface area contributed by atoms with Gasteiger partial charge >= 0.3 is 5.97 Å². The summed E-state index contributed by atoms with van der Waals surface area (Å²) >= 11 is 0. The molecule has 0 amide bonds. The standard InChI is InChI=1S/C16H24N2O3/c1-5-21-16(20)15-11(2)9-14(19)18(12(15)3)13-7-6-8-17(4)10-13/h9,13H,5-8,10H2,1-4H3. The minimum atomic E-state index is -0.342. The lowest BCUT2D eigenvalue weighted by Gasteiger charge is -2.32. The number of hydrogen-bond acceptors (Lipinski definition) is 4. The van der Waals surface area contributed by atoms with E-state index in [9.17, 15) is 9.59 Å². The number of likely N-dealkylation sites (tertiary alicyclic amines) is 1. The smallest absolute Gasteiger partial charge is 0.340 e. The van der Waals surface area contributed by atoms with Gasteiger partial charge < -0.3 is 14.2 Å². The Bertz CT molecular complexity index is 592. The van der Waals surface area contributed by atoms with Gasteiger partial charge in [-0.25, -0.2) is 4.79 Å².